The molecule has 0 bridgehead atoms. The highest BCUT2D eigenvalue weighted by atomic mass is 16.3. The lowest BCUT2D eigenvalue weighted by atomic mass is 10.1. The van der Waals surface area contributed by atoms with Crippen LogP contribution in [0, 0.1) is 6.92 Å². The van der Waals surface area contributed by atoms with Crippen LogP contribution >= 0.6 is 0 Å². The van der Waals surface area contributed by atoms with Gasteiger partial charge in [0.1, 0.15) is 11.2 Å². The van der Waals surface area contributed by atoms with Crippen LogP contribution < -0.4 is 4.57 Å². The Labute approximate surface area is 154 Å². The number of nitrogens with zero attached hydrogens (tertiary/aromatic N) is 2. The van der Waals surface area contributed by atoms with Gasteiger partial charge in [-0.1, -0.05) is 36.4 Å². The lowest BCUT2D eigenvalue weighted by molar-refractivity contribution is -0.658. The number of rotatable bonds is 1. The molecule has 130 valence electrons. The molecule has 4 heteroatoms. The lowest BCUT2D eigenvalue weighted by Gasteiger charge is -2.01. The Bertz CT molecular complexity index is 1500. The third kappa shape index (κ3) is 1.90. The fourth-order valence-electron chi connectivity index (χ4n) is 4.10. The van der Waals surface area contributed by atoms with Crippen LogP contribution in [0.5, 0.6) is 0 Å². The van der Waals surface area contributed by atoms with Crippen LogP contribution in [0.2, 0.25) is 0 Å². The molecule has 0 amide bonds. The quantitative estimate of drug-likeness (QED) is 0.372. The summed E-state index contributed by atoms with van der Waals surface area (Å²) in [6.45, 7) is 2.13. The van der Waals surface area contributed by atoms with Crippen LogP contribution in [0.25, 0.3) is 50.1 Å². The van der Waals surface area contributed by atoms with E-state index in [0.717, 1.165) is 44.6 Å². The Hall–Kier alpha value is -3.53. The molecule has 0 unspecified atom stereocenters. The standard InChI is InChI=1S/C23H17N2O2/c1-14-7-3-4-8-15(14)23-24(2)13-22-25(23)18-12-20-17(11-21(18)27-22)16-9-5-6-10-19(16)26-20/h3-13H,1-2H3/q+1. The molecule has 0 aliphatic heterocycles. The van der Waals surface area contributed by atoms with Crippen molar-refractivity contribution in [1.82, 2.24) is 4.40 Å². The Morgan fingerprint density at radius 3 is 2.52 bits per heavy atom. The van der Waals surface area contributed by atoms with Crippen LogP contribution in [-0.4, -0.2) is 4.40 Å². The first-order chi connectivity index (χ1) is 13.2. The summed E-state index contributed by atoms with van der Waals surface area (Å²) in [7, 11) is 2.05. The van der Waals surface area contributed by atoms with Crippen molar-refractivity contribution < 1.29 is 13.4 Å². The maximum Gasteiger partial charge on any atom is 0.336 e. The van der Waals surface area contributed by atoms with Crippen molar-refractivity contribution in [2.24, 2.45) is 7.05 Å². The van der Waals surface area contributed by atoms with E-state index in [-0.39, 0.29) is 0 Å². The highest BCUT2D eigenvalue weighted by molar-refractivity contribution is 6.09. The summed E-state index contributed by atoms with van der Waals surface area (Å²) >= 11 is 0. The predicted molar refractivity (Wildman–Crippen MR) is 106 cm³/mol. The minimum absolute atomic E-state index is 0.822. The van der Waals surface area contributed by atoms with Gasteiger partial charge in [0.2, 0.25) is 0 Å². The molecule has 0 N–H and O–H groups in total. The van der Waals surface area contributed by atoms with Crippen molar-refractivity contribution in [1.29, 1.82) is 0 Å². The number of aryl methyl sites for hydroxylation is 2. The first-order valence-corrected chi connectivity index (χ1v) is 9.01. The summed E-state index contributed by atoms with van der Waals surface area (Å²) in [4.78, 5) is 0. The monoisotopic (exact) mass is 353 g/mol. The minimum Gasteiger partial charge on any atom is -0.456 e. The van der Waals surface area contributed by atoms with Gasteiger partial charge < -0.3 is 8.83 Å². The van der Waals surface area contributed by atoms with Gasteiger partial charge in [0, 0.05) is 16.8 Å². The molecule has 3 aromatic heterocycles. The molecule has 0 spiro atoms. The Balaban J connectivity index is 1.77. The van der Waals surface area contributed by atoms with Crippen LogP contribution in [0.4, 0.5) is 0 Å². The van der Waals surface area contributed by atoms with Crippen molar-refractivity contribution in [3.8, 4) is 11.4 Å². The van der Waals surface area contributed by atoms with E-state index in [0.29, 0.717) is 0 Å². The van der Waals surface area contributed by atoms with Gasteiger partial charge in [-0.25, -0.2) is 4.57 Å². The zero-order valence-electron chi connectivity index (χ0n) is 15.1. The van der Waals surface area contributed by atoms with E-state index < -0.39 is 0 Å². The van der Waals surface area contributed by atoms with Crippen molar-refractivity contribution in [3.05, 3.63) is 72.4 Å². The van der Waals surface area contributed by atoms with Crippen LogP contribution in [-0.2, 0) is 7.05 Å². The molecule has 3 heterocycles. The van der Waals surface area contributed by atoms with Gasteiger partial charge >= 0.3 is 5.71 Å². The molecular weight excluding hydrogens is 336 g/mol. The molecule has 4 nitrogen and oxygen atoms in total. The zero-order valence-corrected chi connectivity index (χ0v) is 15.1. The first-order valence-electron chi connectivity index (χ1n) is 9.01. The van der Waals surface area contributed by atoms with Gasteiger partial charge in [0.25, 0.3) is 5.82 Å². The van der Waals surface area contributed by atoms with Gasteiger partial charge in [-0.2, -0.15) is 4.40 Å². The molecule has 0 aliphatic carbocycles. The molecule has 0 fully saturated rings. The van der Waals surface area contributed by atoms with Gasteiger partial charge in [-0.3, -0.25) is 0 Å². The van der Waals surface area contributed by atoms with Crippen molar-refractivity contribution in [2.45, 2.75) is 6.92 Å². The maximum absolute atomic E-state index is 6.20. The molecular formula is C23H17N2O2+. The number of para-hydroxylation sites is 1. The Morgan fingerprint density at radius 2 is 1.63 bits per heavy atom. The van der Waals surface area contributed by atoms with E-state index in [2.05, 4.69) is 65.4 Å². The number of aromatic nitrogens is 2. The fourth-order valence-corrected chi connectivity index (χ4v) is 4.10. The topological polar surface area (TPSA) is 34.6 Å². The van der Waals surface area contributed by atoms with Gasteiger partial charge in [0.15, 0.2) is 17.3 Å². The lowest BCUT2D eigenvalue weighted by Crippen LogP contribution is -2.28. The molecule has 0 atom stereocenters. The van der Waals surface area contributed by atoms with Crippen LogP contribution in [0.15, 0.2) is 75.7 Å². The van der Waals surface area contributed by atoms with Crippen molar-refractivity contribution in [3.63, 3.8) is 0 Å². The average molecular weight is 353 g/mol. The van der Waals surface area contributed by atoms with Gasteiger partial charge in [-0.05, 0) is 30.7 Å². The van der Waals surface area contributed by atoms with E-state index in [1.165, 1.54) is 11.1 Å². The number of fused-ring (bicyclic) bond motifs is 6. The molecule has 6 aromatic rings. The molecule has 0 saturated heterocycles. The average Bonchev–Trinajstić information content (AvgIpc) is 3.29. The van der Waals surface area contributed by atoms with Crippen LogP contribution in [0.3, 0.4) is 0 Å². The van der Waals surface area contributed by atoms with Gasteiger partial charge in [-0.15, -0.1) is 0 Å². The number of benzene rings is 3. The largest absolute Gasteiger partial charge is 0.456 e. The SMILES string of the molecule is Cc1ccccc1-c1n2c(c[n+]1C)oc1cc3c(cc12)oc1ccccc13. The number of furan rings is 1. The molecule has 0 radical (unpaired) electrons. The molecule has 0 saturated carbocycles. The molecule has 3 aromatic carbocycles. The molecule has 6 rings (SSSR count). The second kappa shape index (κ2) is 5.01. The van der Waals surface area contributed by atoms with Crippen LogP contribution in [0.1, 0.15) is 5.56 Å². The fraction of sp³-hybridized carbons (Fsp3) is 0.0870. The highest BCUT2D eigenvalue weighted by Crippen LogP contribution is 2.35. The van der Waals surface area contributed by atoms with E-state index >= 15 is 0 Å². The highest BCUT2D eigenvalue weighted by Gasteiger charge is 2.26. The third-order valence-corrected chi connectivity index (χ3v) is 5.37. The van der Waals surface area contributed by atoms with Crippen molar-refractivity contribution >= 4 is 38.8 Å². The third-order valence-electron chi connectivity index (χ3n) is 5.37. The number of hydrogen-bond donors (Lipinski definition) is 0. The smallest absolute Gasteiger partial charge is 0.336 e. The molecule has 27 heavy (non-hydrogen) atoms. The summed E-state index contributed by atoms with van der Waals surface area (Å²) in [6, 6.07) is 20.7. The summed E-state index contributed by atoms with van der Waals surface area (Å²) in [5, 5.41) is 2.19. The first kappa shape index (κ1) is 14.6. The summed E-state index contributed by atoms with van der Waals surface area (Å²) in [6.07, 6.45) is 2.03. The number of imidazole rings is 1. The van der Waals surface area contributed by atoms with E-state index in [1.54, 1.807) is 0 Å². The van der Waals surface area contributed by atoms with E-state index in [9.17, 15) is 0 Å². The second-order valence-corrected chi connectivity index (χ2v) is 7.07. The Morgan fingerprint density at radius 1 is 0.815 bits per heavy atom. The second-order valence-electron chi connectivity index (χ2n) is 7.07. The summed E-state index contributed by atoms with van der Waals surface area (Å²) in [5.41, 5.74) is 6.88. The predicted octanol–water partition coefficient (Wildman–Crippen LogP) is 5.38. The summed E-state index contributed by atoms with van der Waals surface area (Å²) < 4.78 is 16.6. The number of hydrogen-bond acceptors (Lipinski definition) is 2. The Kier molecular flexibility index (Phi) is 2.71. The van der Waals surface area contributed by atoms with Crippen molar-refractivity contribution in [2.75, 3.05) is 0 Å². The normalized spacial score (nSPS) is 12.1. The minimum atomic E-state index is 0.822. The van der Waals surface area contributed by atoms with E-state index in [1.807, 2.05) is 24.4 Å². The molecule has 0 aliphatic rings. The number of oxazole rings is 1. The zero-order chi connectivity index (χ0) is 18.1. The van der Waals surface area contributed by atoms with Gasteiger partial charge in [0.05, 0.1) is 12.6 Å². The summed E-state index contributed by atoms with van der Waals surface area (Å²) in [5.74, 6) is 1.09. The van der Waals surface area contributed by atoms with E-state index in [4.69, 9.17) is 8.83 Å². The maximum atomic E-state index is 6.20.